The largest absolute Gasteiger partial charge is 0.357 e. The van der Waals surface area contributed by atoms with Crippen molar-refractivity contribution in [3.8, 4) is 0 Å². The predicted octanol–water partition coefficient (Wildman–Crippen LogP) is 2.36. The zero-order valence-corrected chi connectivity index (χ0v) is 13.3. The molecule has 2 aromatic rings. The molecule has 2 rings (SSSR count). The molecular formula is C15H21N5S. The van der Waals surface area contributed by atoms with Crippen LogP contribution in [0.4, 0.5) is 0 Å². The van der Waals surface area contributed by atoms with Crippen LogP contribution in [0.5, 0.6) is 0 Å². The predicted molar refractivity (Wildman–Crippen MR) is 87.4 cm³/mol. The van der Waals surface area contributed by atoms with Crippen molar-refractivity contribution < 1.29 is 0 Å². The second-order valence-electron chi connectivity index (χ2n) is 4.44. The summed E-state index contributed by atoms with van der Waals surface area (Å²) < 4.78 is 0. The van der Waals surface area contributed by atoms with Gasteiger partial charge in [0.15, 0.2) is 5.96 Å². The molecule has 0 saturated heterocycles. The van der Waals surface area contributed by atoms with E-state index in [-0.39, 0.29) is 0 Å². The van der Waals surface area contributed by atoms with Crippen LogP contribution in [0, 0.1) is 0 Å². The molecule has 0 spiro atoms. The number of aliphatic imine (C=N–C) groups is 1. The minimum Gasteiger partial charge on any atom is -0.357 e. The molecule has 0 aliphatic rings. The van der Waals surface area contributed by atoms with Crippen LogP contribution < -0.4 is 10.6 Å². The van der Waals surface area contributed by atoms with Crippen LogP contribution in [-0.4, -0.2) is 22.5 Å². The number of hydrogen-bond acceptors (Lipinski definition) is 4. The monoisotopic (exact) mass is 303 g/mol. The second-order valence-corrected chi connectivity index (χ2v) is 5.64. The van der Waals surface area contributed by atoms with Gasteiger partial charge in [0.25, 0.3) is 0 Å². The van der Waals surface area contributed by atoms with E-state index in [2.05, 4.69) is 39.4 Å². The van der Waals surface area contributed by atoms with Gasteiger partial charge in [-0.2, -0.15) is 0 Å². The molecule has 5 nitrogen and oxygen atoms in total. The quantitative estimate of drug-likeness (QED) is 0.635. The maximum absolute atomic E-state index is 4.53. The van der Waals surface area contributed by atoms with Crippen molar-refractivity contribution in [2.75, 3.05) is 6.54 Å². The van der Waals surface area contributed by atoms with E-state index in [0.29, 0.717) is 13.1 Å². The highest BCUT2D eigenvalue weighted by molar-refractivity contribution is 7.11. The lowest BCUT2D eigenvalue weighted by Crippen LogP contribution is -2.36. The van der Waals surface area contributed by atoms with Gasteiger partial charge in [0.2, 0.25) is 0 Å². The van der Waals surface area contributed by atoms with Gasteiger partial charge >= 0.3 is 0 Å². The summed E-state index contributed by atoms with van der Waals surface area (Å²) in [6.45, 7) is 6.28. The minimum atomic E-state index is 0.564. The van der Waals surface area contributed by atoms with Gasteiger partial charge in [-0.05, 0) is 25.5 Å². The Morgan fingerprint density at radius 1 is 1.24 bits per heavy atom. The van der Waals surface area contributed by atoms with Crippen molar-refractivity contribution in [3.63, 3.8) is 0 Å². The molecule has 0 fully saturated rings. The SMILES string of the molecule is CCNC(=NCc1ccccn1)NCc1ncc(CC)s1. The number of nitrogens with zero attached hydrogens (tertiary/aromatic N) is 3. The molecule has 112 valence electrons. The van der Waals surface area contributed by atoms with Crippen LogP contribution in [0.1, 0.15) is 29.4 Å². The zero-order valence-electron chi connectivity index (χ0n) is 12.5. The maximum atomic E-state index is 4.53. The smallest absolute Gasteiger partial charge is 0.191 e. The summed E-state index contributed by atoms with van der Waals surface area (Å²) in [5.74, 6) is 0.788. The minimum absolute atomic E-state index is 0.564. The zero-order chi connectivity index (χ0) is 14.9. The maximum Gasteiger partial charge on any atom is 0.191 e. The van der Waals surface area contributed by atoms with Gasteiger partial charge in [-0.15, -0.1) is 11.3 Å². The first-order valence-corrected chi connectivity index (χ1v) is 7.99. The first-order chi connectivity index (χ1) is 10.3. The summed E-state index contributed by atoms with van der Waals surface area (Å²) in [5.41, 5.74) is 0.956. The number of thiazole rings is 1. The summed E-state index contributed by atoms with van der Waals surface area (Å²) >= 11 is 1.74. The Hall–Kier alpha value is -1.95. The van der Waals surface area contributed by atoms with Crippen LogP contribution >= 0.6 is 11.3 Å². The Kier molecular flexibility index (Phi) is 6.15. The number of aromatic nitrogens is 2. The molecule has 2 N–H and O–H groups in total. The summed E-state index contributed by atoms with van der Waals surface area (Å²) in [5, 5.41) is 7.61. The van der Waals surface area contributed by atoms with Crippen molar-refractivity contribution in [3.05, 3.63) is 46.2 Å². The van der Waals surface area contributed by atoms with Crippen LogP contribution in [0.3, 0.4) is 0 Å². The fraction of sp³-hybridized carbons (Fsp3) is 0.400. The fourth-order valence-electron chi connectivity index (χ4n) is 1.75. The van der Waals surface area contributed by atoms with E-state index < -0.39 is 0 Å². The van der Waals surface area contributed by atoms with Crippen molar-refractivity contribution in [2.45, 2.75) is 33.4 Å². The van der Waals surface area contributed by atoms with Crippen LogP contribution in [0.15, 0.2) is 35.6 Å². The van der Waals surface area contributed by atoms with Crippen LogP contribution in [0.25, 0.3) is 0 Å². The number of aryl methyl sites for hydroxylation is 1. The average Bonchev–Trinajstić information content (AvgIpc) is 2.99. The highest BCUT2D eigenvalue weighted by atomic mass is 32.1. The van der Waals surface area contributed by atoms with Gasteiger partial charge in [-0.1, -0.05) is 13.0 Å². The normalized spacial score (nSPS) is 11.4. The first kappa shape index (κ1) is 15.4. The van der Waals surface area contributed by atoms with Gasteiger partial charge in [0.1, 0.15) is 5.01 Å². The Bertz CT molecular complexity index is 564. The Morgan fingerprint density at radius 3 is 2.81 bits per heavy atom. The number of guanidine groups is 1. The molecule has 0 saturated carbocycles. The molecule has 0 atom stereocenters. The van der Waals surface area contributed by atoms with E-state index in [9.17, 15) is 0 Å². The Labute approximate surface area is 129 Å². The molecule has 0 aromatic carbocycles. The van der Waals surface area contributed by atoms with E-state index in [1.54, 1.807) is 17.5 Å². The lowest BCUT2D eigenvalue weighted by atomic mass is 10.3. The summed E-state index contributed by atoms with van der Waals surface area (Å²) in [6, 6.07) is 5.85. The Balaban J connectivity index is 1.91. The molecule has 0 unspecified atom stereocenters. The molecule has 0 bridgehead atoms. The number of nitrogens with one attached hydrogen (secondary N) is 2. The molecule has 2 aromatic heterocycles. The summed E-state index contributed by atoms with van der Waals surface area (Å²) in [7, 11) is 0. The van der Waals surface area contributed by atoms with Crippen molar-refractivity contribution in [1.82, 2.24) is 20.6 Å². The second kappa shape index (κ2) is 8.36. The molecule has 6 heteroatoms. The van der Waals surface area contributed by atoms with E-state index in [4.69, 9.17) is 0 Å². The Morgan fingerprint density at radius 2 is 2.14 bits per heavy atom. The highest BCUT2D eigenvalue weighted by Gasteiger charge is 2.02. The third-order valence-corrected chi connectivity index (χ3v) is 3.97. The fourth-order valence-corrected chi connectivity index (χ4v) is 2.55. The van der Waals surface area contributed by atoms with E-state index in [1.165, 1.54) is 4.88 Å². The third-order valence-electron chi connectivity index (χ3n) is 2.83. The van der Waals surface area contributed by atoms with Gasteiger partial charge < -0.3 is 10.6 Å². The van der Waals surface area contributed by atoms with Crippen LogP contribution in [0.2, 0.25) is 0 Å². The standard InChI is InChI=1S/C15H21N5S/c1-3-13-10-18-14(21-13)11-20-15(16-4-2)19-9-12-7-5-6-8-17-12/h5-8,10H,3-4,9,11H2,1-2H3,(H2,16,19,20). The number of hydrogen-bond donors (Lipinski definition) is 2. The molecular weight excluding hydrogens is 282 g/mol. The number of pyridine rings is 1. The van der Waals surface area contributed by atoms with Gasteiger partial charge in [-0.3, -0.25) is 4.98 Å². The number of rotatable bonds is 6. The van der Waals surface area contributed by atoms with E-state index in [1.807, 2.05) is 24.4 Å². The molecule has 2 heterocycles. The van der Waals surface area contributed by atoms with Crippen molar-refractivity contribution >= 4 is 17.3 Å². The summed E-state index contributed by atoms with van der Waals surface area (Å²) in [6.07, 6.45) is 4.76. The van der Waals surface area contributed by atoms with E-state index >= 15 is 0 Å². The van der Waals surface area contributed by atoms with Crippen LogP contribution in [-0.2, 0) is 19.5 Å². The summed E-state index contributed by atoms with van der Waals surface area (Å²) in [4.78, 5) is 14.5. The van der Waals surface area contributed by atoms with Crippen molar-refractivity contribution in [2.24, 2.45) is 4.99 Å². The topological polar surface area (TPSA) is 62.2 Å². The average molecular weight is 303 g/mol. The van der Waals surface area contributed by atoms with E-state index in [0.717, 1.165) is 29.6 Å². The molecule has 0 amide bonds. The molecule has 0 radical (unpaired) electrons. The van der Waals surface area contributed by atoms with Gasteiger partial charge in [0, 0.05) is 23.8 Å². The highest BCUT2D eigenvalue weighted by Crippen LogP contribution is 2.12. The van der Waals surface area contributed by atoms with Gasteiger partial charge in [-0.25, -0.2) is 9.98 Å². The van der Waals surface area contributed by atoms with Crippen molar-refractivity contribution in [1.29, 1.82) is 0 Å². The molecule has 0 aliphatic heterocycles. The lowest BCUT2D eigenvalue weighted by molar-refractivity contribution is 0.807. The lowest BCUT2D eigenvalue weighted by Gasteiger charge is -2.09. The third kappa shape index (κ3) is 5.15. The molecule has 0 aliphatic carbocycles. The first-order valence-electron chi connectivity index (χ1n) is 7.17. The van der Waals surface area contributed by atoms with Gasteiger partial charge in [0.05, 0.1) is 18.8 Å². The molecule has 21 heavy (non-hydrogen) atoms.